The smallest absolute Gasteiger partial charge is 0.371 e. The number of aliphatic carboxylic acids is 1. The van der Waals surface area contributed by atoms with Crippen molar-refractivity contribution in [2.75, 3.05) is 0 Å². The molecular weight excluding hydrogens is 120 g/mol. The zero-order valence-corrected chi connectivity index (χ0v) is 5.39. The van der Waals surface area contributed by atoms with Gasteiger partial charge in [0.25, 0.3) is 0 Å². The molecule has 0 heterocycles. The van der Waals surface area contributed by atoms with Gasteiger partial charge in [0.05, 0.1) is 0 Å². The Morgan fingerprint density at radius 2 is 1.44 bits per heavy atom. The molecule has 3 heteroatoms. The molecule has 0 aromatic rings. The molecule has 1 saturated carbocycles. The highest BCUT2D eigenvalue weighted by Crippen LogP contribution is 2.14. The van der Waals surface area contributed by atoms with Crippen LogP contribution in [0.4, 0.5) is 0 Å². The van der Waals surface area contributed by atoms with E-state index in [2.05, 4.69) is 0 Å². The van der Waals surface area contributed by atoms with Gasteiger partial charge in [-0.1, -0.05) is 19.3 Å². The number of carbonyl (C=O) groups is 2. The third kappa shape index (κ3) is 11.0. The van der Waals surface area contributed by atoms with Gasteiger partial charge in [-0.25, -0.2) is 4.79 Å². The Kier molecular flexibility index (Phi) is 3.67. The molecule has 0 spiro atoms. The number of carbonyl (C=O) groups excluding carboxylic acids is 1. The second-order valence-electron chi connectivity index (χ2n) is 1.92. The Morgan fingerprint density at radius 3 is 1.44 bits per heavy atom. The van der Waals surface area contributed by atoms with E-state index in [9.17, 15) is 9.59 Å². The van der Waals surface area contributed by atoms with Crippen molar-refractivity contribution in [2.45, 2.75) is 26.2 Å². The number of hydrogen-bond donors (Lipinski definition) is 1. The summed E-state index contributed by atoms with van der Waals surface area (Å²) in [5.74, 6) is -2.20. The summed E-state index contributed by atoms with van der Waals surface area (Å²) < 4.78 is 0. The van der Waals surface area contributed by atoms with Crippen molar-refractivity contribution < 1.29 is 14.7 Å². The highest BCUT2D eigenvalue weighted by Gasteiger charge is 1.99. The van der Waals surface area contributed by atoms with Gasteiger partial charge in [-0.15, -0.1) is 0 Å². The maximum Gasteiger partial charge on any atom is 0.371 e. The van der Waals surface area contributed by atoms with E-state index in [1.165, 1.54) is 19.3 Å². The van der Waals surface area contributed by atoms with Crippen molar-refractivity contribution in [3.8, 4) is 0 Å². The van der Waals surface area contributed by atoms with E-state index in [-0.39, 0.29) is 0 Å². The van der Waals surface area contributed by atoms with Crippen LogP contribution in [0, 0.1) is 0 Å². The largest absolute Gasteiger partial charge is 0.476 e. The molecule has 1 N–H and O–H groups in total. The summed E-state index contributed by atoms with van der Waals surface area (Å²) >= 11 is 0. The van der Waals surface area contributed by atoms with E-state index in [4.69, 9.17) is 5.11 Å². The maximum atomic E-state index is 9.54. The summed E-state index contributed by atoms with van der Waals surface area (Å²) in [4.78, 5) is 18.9. The molecule has 0 aliphatic heterocycles. The Hall–Kier alpha value is -0.860. The van der Waals surface area contributed by atoms with Gasteiger partial charge in [0.15, 0.2) is 0 Å². The number of Topliss-reactive ketones (excluding diaryl/α,β-unsaturated/α-hetero) is 1. The number of carboxylic acid groups (broad SMARTS) is 1. The summed E-state index contributed by atoms with van der Waals surface area (Å²) in [5, 5.41) is 7.64. The van der Waals surface area contributed by atoms with Gasteiger partial charge in [0, 0.05) is 6.92 Å². The van der Waals surface area contributed by atoms with E-state index in [0.717, 1.165) is 6.92 Å². The minimum atomic E-state index is -1.38. The molecule has 0 bridgehead atoms. The summed E-state index contributed by atoms with van der Waals surface area (Å²) in [6, 6.07) is 0. The van der Waals surface area contributed by atoms with Gasteiger partial charge < -0.3 is 5.11 Å². The fraction of sp³-hybridized carbons (Fsp3) is 0.667. The predicted molar refractivity (Wildman–Crippen MR) is 32.2 cm³/mol. The van der Waals surface area contributed by atoms with Crippen LogP contribution in [0.3, 0.4) is 0 Å². The molecule has 52 valence electrons. The lowest BCUT2D eigenvalue weighted by molar-refractivity contribution is -0.148. The average Bonchev–Trinajstić information content (AvgIpc) is 2.46. The molecule has 0 unspecified atom stereocenters. The lowest BCUT2D eigenvalue weighted by Crippen LogP contribution is -2.05. The van der Waals surface area contributed by atoms with Crippen molar-refractivity contribution in [1.82, 2.24) is 0 Å². The van der Waals surface area contributed by atoms with Crippen LogP contribution in [-0.2, 0) is 9.59 Å². The molecule has 0 aromatic heterocycles. The first-order valence-corrected chi connectivity index (χ1v) is 2.88. The van der Waals surface area contributed by atoms with Gasteiger partial charge in [0.1, 0.15) is 0 Å². The van der Waals surface area contributed by atoms with Gasteiger partial charge >= 0.3 is 5.97 Å². The second-order valence-corrected chi connectivity index (χ2v) is 1.92. The first-order chi connectivity index (χ1) is 4.14. The predicted octanol–water partition coefficient (Wildman–Crippen LogP) is 0.830. The molecule has 1 aliphatic carbocycles. The Balaban J connectivity index is 0.000000173. The second kappa shape index (κ2) is 4.06. The van der Waals surface area contributed by atoms with E-state index < -0.39 is 11.8 Å². The summed E-state index contributed by atoms with van der Waals surface area (Å²) in [5.41, 5.74) is 0. The zero-order valence-electron chi connectivity index (χ0n) is 5.39. The van der Waals surface area contributed by atoms with Gasteiger partial charge in [-0.3, -0.25) is 4.79 Å². The van der Waals surface area contributed by atoms with Crippen LogP contribution in [0.1, 0.15) is 26.2 Å². The van der Waals surface area contributed by atoms with Crippen molar-refractivity contribution in [3.63, 3.8) is 0 Å². The van der Waals surface area contributed by atoms with Crippen molar-refractivity contribution in [2.24, 2.45) is 0 Å². The maximum absolute atomic E-state index is 9.54. The standard InChI is InChI=1S/C3H4O3.C3H6/c1-2(4)3(5)6;1-2-3-1/h1H3,(H,5,6);1-3H2. The van der Waals surface area contributed by atoms with E-state index in [0.29, 0.717) is 0 Å². The first kappa shape index (κ1) is 8.14. The Labute approximate surface area is 53.7 Å². The quantitative estimate of drug-likeness (QED) is 0.535. The number of hydrogen-bond acceptors (Lipinski definition) is 2. The molecule has 9 heavy (non-hydrogen) atoms. The molecule has 1 aliphatic rings. The fourth-order valence-corrected chi connectivity index (χ4v) is 0. The van der Waals surface area contributed by atoms with Crippen LogP contribution < -0.4 is 0 Å². The SMILES string of the molecule is C1CC1.CC(=O)C(=O)O. The van der Waals surface area contributed by atoms with Crippen LogP contribution >= 0.6 is 0 Å². The van der Waals surface area contributed by atoms with Crippen LogP contribution in [0.5, 0.6) is 0 Å². The van der Waals surface area contributed by atoms with Gasteiger partial charge in [-0.05, 0) is 0 Å². The molecule has 1 rings (SSSR count). The molecule has 3 nitrogen and oxygen atoms in total. The Bertz CT molecular complexity index is 101. The normalized spacial score (nSPS) is 13.0. The minimum Gasteiger partial charge on any atom is -0.476 e. The highest BCUT2D eigenvalue weighted by atomic mass is 16.4. The summed E-state index contributed by atoms with van der Waals surface area (Å²) in [7, 11) is 0. The molecule has 0 radical (unpaired) electrons. The van der Waals surface area contributed by atoms with Crippen molar-refractivity contribution in [1.29, 1.82) is 0 Å². The first-order valence-electron chi connectivity index (χ1n) is 2.88. The summed E-state index contributed by atoms with van der Waals surface area (Å²) in [6.07, 6.45) is 4.50. The van der Waals surface area contributed by atoms with E-state index >= 15 is 0 Å². The zero-order chi connectivity index (χ0) is 7.28. The van der Waals surface area contributed by atoms with E-state index in [1.54, 1.807) is 0 Å². The molecule has 0 amide bonds. The lowest BCUT2D eigenvalue weighted by Gasteiger charge is -1.73. The fourth-order valence-electron chi connectivity index (χ4n) is 0. The van der Waals surface area contributed by atoms with Crippen LogP contribution in [-0.4, -0.2) is 16.9 Å². The lowest BCUT2D eigenvalue weighted by atomic mass is 10.5. The minimum absolute atomic E-state index is 0.824. The molecule has 0 saturated heterocycles. The van der Waals surface area contributed by atoms with Crippen LogP contribution in [0.25, 0.3) is 0 Å². The molecule has 1 fully saturated rings. The molecule has 0 aromatic carbocycles. The monoisotopic (exact) mass is 130 g/mol. The van der Waals surface area contributed by atoms with E-state index in [1.807, 2.05) is 0 Å². The van der Waals surface area contributed by atoms with Crippen LogP contribution in [0.15, 0.2) is 0 Å². The third-order valence-corrected chi connectivity index (χ3v) is 0.655. The molecule has 0 atom stereocenters. The topological polar surface area (TPSA) is 54.4 Å². The van der Waals surface area contributed by atoms with Crippen molar-refractivity contribution in [3.05, 3.63) is 0 Å². The summed E-state index contributed by atoms with van der Waals surface area (Å²) in [6.45, 7) is 1.00. The van der Waals surface area contributed by atoms with Crippen molar-refractivity contribution >= 4 is 11.8 Å². The number of ketones is 1. The molecular formula is C6H10O3. The third-order valence-electron chi connectivity index (χ3n) is 0.655. The van der Waals surface area contributed by atoms with Gasteiger partial charge in [-0.2, -0.15) is 0 Å². The highest BCUT2D eigenvalue weighted by molar-refractivity contribution is 6.31. The van der Waals surface area contributed by atoms with Crippen LogP contribution in [0.2, 0.25) is 0 Å². The average molecular weight is 130 g/mol. The van der Waals surface area contributed by atoms with Gasteiger partial charge in [0.2, 0.25) is 5.78 Å². The Morgan fingerprint density at radius 1 is 1.22 bits per heavy atom. The number of carboxylic acids is 1. The number of rotatable bonds is 1.